The van der Waals surface area contributed by atoms with E-state index in [1.165, 1.54) is 0 Å². The molecule has 0 aromatic carbocycles. The summed E-state index contributed by atoms with van der Waals surface area (Å²) in [7, 11) is 1.03. The van der Waals surface area contributed by atoms with E-state index in [1.54, 1.807) is 0 Å². The quantitative estimate of drug-likeness (QED) is 0.514. The van der Waals surface area contributed by atoms with Gasteiger partial charge in [0, 0.05) is 18.5 Å². The van der Waals surface area contributed by atoms with Gasteiger partial charge in [-0.1, -0.05) is 20.7 Å². The molecule has 0 aliphatic heterocycles. The van der Waals surface area contributed by atoms with E-state index in [2.05, 4.69) is 48.4 Å². The summed E-state index contributed by atoms with van der Waals surface area (Å²) >= 11 is 0. The summed E-state index contributed by atoms with van der Waals surface area (Å²) in [6.45, 7) is 16.3. The summed E-state index contributed by atoms with van der Waals surface area (Å²) in [4.78, 5) is 0. The molecular weight excluding hydrogens is 251 g/mol. The predicted octanol–water partition coefficient (Wildman–Crippen LogP) is 3.47. The van der Waals surface area contributed by atoms with E-state index in [-0.39, 0.29) is 24.3 Å². The average Bonchev–Trinajstić information content (AvgIpc) is 2.39. The molecular formula is C16H35BO3. The van der Waals surface area contributed by atoms with Crippen molar-refractivity contribution in [3.8, 4) is 0 Å². The number of ether oxygens (including phenoxy) is 3. The van der Waals surface area contributed by atoms with E-state index in [9.17, 15) is 0 Å². The molecule has 120 valence electrons. The van der Waals surface area contributed by atoms with Crippen molar-refractivity contribution >= 4 is 7.28 Å². The van der Waals surface area contributed by atoms with Gasteiger partial charge in [0.1, 0.15) is 0 Å². The van der Waals surface area contributed by atoms with E-state index >= 15 is 0 Å². The minimum atomic E-state index is 0.115. The summed E-state index contributed by atoms with van der Waals surface area (Å²) in [5, 5.41) is 0. The van der Waals surface area contributed by atoms with Crippen LogP contribution >= 0.6 is 0 Å². The van der Waals surface area contributed by atoms with Crippen LogP contribution in [0.1, 0.15) is 54.4 Å². The zero-order valence-electron chi connectivity index (χ0n) is 14.6. The molecule has 0 saturated carbocycles. The Balaban J connectivity index is 4.73. The molecule has 0 saturated heterocycles. The van der Waals surface area contributed by atoms with Crippen molar-refractivity contribution in [3.63, 3.8) is 0 Å². The number of hydrogen-bond donors (Lipinski definition) is 0. The first kappa shape index (κ1) is 19.9. The van der Waals surface area contributed by atoms with Crippen molar-refractivity contribution in [3.05, 3.63) is 0 Å². The fourth-order valence-electron chi connectivity index (χ4n) is 2.48. The monoisotopic (exact) mass is 286 g/mol. The highest BCUT2D eigenvalue weighted by Gasteiger charge is 2.30. The zero-order chi connectivity index (χ0) is 15.5. The van der Waals surface area contributed by atoms with Crippen molar-refractivity contribution < 1.29 is 14.2 Å². The maximum absolute atomic E-state index is 6.11. The van der Waals surface area contributed by atoms with Gasteiger partial charge in [0.05, 0.1) is 24.9 Å². The van der Waals surface area contributed by atoms with Gasteiger partial charge >= 0.3 is 0 Å². The second-order valence-corrected chi connectivity index (χ2v) is 5.99. The molecule has 0 N–H and O–H groups in total. The summed E-state index contributed by atoms with van der Waals surface area (Å²) in [6, 6.07) is 0.263. The van der Waals surface area contributed by atoms with Gasteiger partial charge in [0.25, 0.3) is 0 Å². The zero-order valence-corrected chi connectivity index (χ0v) is 14.6. The Morgan fingerprint density at radius 3 is 2.00 bits per heavy atom. The Labute approximate surface area is 127 Å². The van der Waals surface area contributed by atoms with Crippen molar-refractivity contribution in [2.24, 2.45) is 5.92 Å². The average molecular weight is 286 g/mol. The summed E-state index contributed by atoms with van der Waals surface area (Å²) in [6.07, 6.45) is 2.69. The van der Waals surface area contributed by atoms with Crippen molar-refractivity contribution in [1.82, 2.24) is 0 Å². The van der Waals surface area contributed by atoms with Gasteiger partial charge in [0.2, 0.25) is 0 Å². The molecule has 1 unspecified atom stereocenters. The Kier molecular flexibility index (Phi) is 11.6. The van der Waals surface area contributed by atoms with Crippen molar-refractivity contribution in [2.45, 2.75) is 85.5 Å². The first-order valence-electron chi connectivity index (χ1n) is 8.34. The van der Waals surface area contributed by atoms with E-state index in [0.717, 1.165) is 26.7 Å². The van der Waals surface area contributed by atoms with Gasteiger partial charge < -0.3 is 14.2 Å². The highest BCUT2D eigenvalue weighted by molar-refractivity contribution is 6.35. The normalized spacial score (nSPS) is 16.4. The van der Waals surface area contributed by atoms with Gasteiger partial charge in [0.15, 0.2) is 7.28 Å². The van der Waals surface area contributed by atoms with Crippen LogP contribution in [-0.4, -0.2) is 44.8 Å². The second kappa shape index (κ2) is 11.6. The predicted molar refractivity (Wildman–Crippen MR) is 87.9 cm³/mol. The Hall–Kier alpha value is -0.0551. The highest BCUT2D eigenvalue weighted by atomic mass is 16.5. The molecule has 0 spiro atoms. The fraction of sp³-hybridized carbons (Fsp3) is 1.00. The van der Waals surface area contributed by atoms with Crippen LogP contribution < -0.4 is 0 Å². The van der Waals surface area contributed by atoms with Crippen molar-refractivity contribution in [2.75, 3.05) is 13.2 Å². The molecule has 0 amide bonds. The molecule has 0 heterocycles. The first-order chi connectivity index (χ1) is 9.46. The second-order valence-electron chi connectivity index (χ2n) is 5.99. The molecule has 0 fully saturated rings. The van der Waals surface area contributed by atoms with Gasteiger partial charge in [-0.25, -0.2) is 0 Å². The lowest BCUT2D eigenvalue weighted by atomic mass is 9.66. The van der Waals surface area contributed by atoms with E-state index in [1.807, 2.05) is 0 Å². The van der Waals surface area contributed by atoms with E-state index in [0.29, 0.717) is 12.5 Å². The third kappa shape index (κ3) is 8.28. The maximum Gasteiger partial charge on any atom is 0.155 e. The van der Waals surface area contributed by atoms with Crippen LogP contribution in [-0.2, 0) is 14.2 Å². The standard InChI is InChI=1S/C16H35BO3/c1-8-10-18-16(17-7)14(9-2)15(20-13(5)6)11-19-12(3)4/h12-17H,8-11H2,1-7H3/t14-,15-,16?/m1/s1. The lowest BCUT2D eigenvalue weighted by Crippen LogP contribution is -2.42. The summed E-state index contributed by atoms with van der Waals surface area (Å²) in [5.41, 5.74) is 0. The van der Waals surface area contributed by atoms with Crippen LogP contribution in [0, 0.1) is 5.92 Å². The Morgan fingerprint density at radius 1 is 0.950 bits per heavy atom. The van der Waals surface area contributed by atoms with Crippen LogP contribution in [0.3, 0.4) is 0 Å². The van der Waals surface area contributed by atoms with Gasteiger partial charge in [-0.15, -0.1) is 0 Å². The molecule has 0 bridgehead atoms. The first-order valence-corrected chi connectivity index (χ1v) is 8.34. The molecule has 20 heavy (non-hydrogen) atoms. The Bertz CT molecular complexity index is 222. The number of hydrogen-bond acceptors (Lipinski definition) is 3. The van der Waals surface area contributed by atoms with Crippen molar-refractivity contribution in [1.29, 1.82) is 0 Å². The smallest absolute Gasteiger partial charge is 0.155 e. The molecule has 3 nitrogen and oxygen atoms in total. The van der Waals surface area contributed by atoms with Gasteiger partial charge in [-0.2, -0.15) is 0 Å². The van der Waals surface area contributed by atoms with Crippen LogP contribution in [0.25, 0.3) is 0 Å². The number of rotatable bonds is 12. The topological polar surface area (TPSA) is 27.7 Å². The fourth-order valence-corrected chi connectivity index (χ4v) is 2.48. The molecule has 0 aromatic heterocycles. The van der Waals surface area contributed by atoms with E-state index < -0.39 is 0 Å². The molecule has 0 rings (SSSR count). The molecule has 3 atom stereocenters. The van der Waals surface area contributed by atoms with Gasteiger partial charge in [-0.3, -0.25) is 0 Å². The molecule has 0 radical (unpaired) electrons. The van der Waals surface area contributed by atoms with Crippen LogP contribution in [0.2, 0.25) is 6.82 Å². The molecule has 0 aromatic rings. The third-order valence-electron chi connectivity index (χ3n) is 3.41. The molecule has 4 heteroatoms. The largest absolute Gasteiger partial charge is 0.386 e. The third-order valence-corrected chi connectivity index (χ3v) is 3.41. The highest BCUT2D eigenvalue weighted by Crippen LogP contribution is 2.21. The molecule has 0 aliphatic carbocycles. The Morgan fingerprint density at radius 2 is 1.60 bits per heavy atom. The lowest BCUT2D eigenvalue weighted by Gasteiger charge is -2.34. The molecule has 0 aliphatic rings. The van der Waals surface area contributed by atoms with Crippen LogP contribution in [0.4, 0.5) is 0 Å². The summed E-state index contributed by atoms with van der Waals surface area (Å²) < 4.78 is 17.9. The maximum atomic E-state index is 6.11. The van der Waals surface area contributed by atoms with E-state index in [4.69, 9.17) is 14.2 Å². The van der Waals surface area contributed by atoms with Crippen LogP contribution in [0.15, 0.2) is 0 Å². The van der Waals surface area contributed by atoms with Gasteiger partial charge in [-0.05, 0) is 40.5 Å². The minimum Gasteiger partial charge on any atom is -0.386 e. The SMILES string of the molecule is CBC(OCCC)[C@H](CC)[C@@H](COC(C)C)OC(C)C. The minimum absolute atomic E-state index is 0.115. The van der Waals surface area contributed by atoms with Crippen LogP contribution in [0.5, 0.6) is 0 Å². The lowest BCUT2D eigenvalue weighted by molar-refractivity contribution is -0.105. The summed E-state index contributed by atoms with van der Waals surface area (Å²) in [5.74, 6) is 0.396.